The van der Waals surface area contributed by atoms with E-state index in [9.17, 15) is 0 Å². The van der Waals surface area contributed by atoms with Crippen LogP contribution in [0.3, 0.4) is 0 Å². The molecule has 0 radical (unpaired) electrons. The van der Waals surface area contributed by atoms with Gasteiger partial charge in [-0.2, -0.15) is 0 Å². The van der Waals surface area contributed by atoms with Crippen LogP contribution in [0, 0.1) is 0 Å². The second-order valence-electron chi connectivity index (χ2n) is 4.50. The van der Waals surface area contributed by atoms with Crippen LogP contribution in [0.2, 0.25) is 0 Å². The van der Waals surface area contributed by atoms with Crippen molar-refractivity contribution in [3.63, 3.8) is 0 Å². The average molecular weight is 212 g/mol. The second-order valence-corrected chi connectivity index (χ2v) is 4.50. The van der Waals surface area contributed by atoms with E-state index < -0.39 is 0 Å². The molecule has 0 aliphatic carbocycles. The van der Waals surface area contributed by atoms with Gasteiger partial charge in [0.05, 0.1) is 6.04 Å². The van der Waals surface area contributed by atoms with Crippen LogP contribution in [-0.4, -0.2) is 42.6 Å². The summed E-state index contributed by atoms with van der Waals surface area (Å²) < 4.78 is 0. The minimum absolute atomic E-state index is 0.361. The Hall–Kier alpha value is -0.770. The summed E-state index contributed by atoms with van der Waals surface area (Å²) in [6, 6.07) is 0.740. The maximum atomic E-state index is 5.81. The predicted molar refractivity (Wildman–Crippen MR) is 65.0 cm³/mol. The number of likely N-dealkylation sites (tertiary alicyclic amines) is 1. The van der Waals surface area contributed by atoms with E-state index in [2.05, 4.69) is 36.0 Å². The summed E-state index contributed by atoms with van der Waals surface area (Å²) >= 11 is 0. The van der Waals surface area contributed by atoms with Gasteiger partial charge in [0, 0.05) is 12.6 Å². The number of nitrogens with two attached hydrogens (primary N) is 1. The lowest BCUT2D eigenvalue weighted by atomic mass is 10.1. The number of hydrogen-bond donors (Lipinski definition) is 2. The fourth-order valence-electron chi connectivity index (χ4n) is 1.95. The quantitative estimate of drug-likeness (QED) is 0.537. The molecule has 4 nitrogen and oxygen atoms in total. The number of piperidine rings is 1. The lowest BCUT2D eigenvalue weighted by molar-refractivity contribution is 0.220. The van der Waals surface area contributed by atoms with Crippen LogP contribution in [0.1, 0.15) is 33.6 Å². The van der Waals surface area contributed by atoms with Gasteiger partial charge >= 0.3 is 0 Å². The maximum absolute atomic E-state index is 5.81. The first-order valence-corrected chi connectivity index (χ1v) is 5.94. The summed E-state index contributed by atoms with van der Waals surface area (Å²) in [5.74, 6) is 0.591. The van der Waals surface area contributed by atoms with Crippen molar-refractivity contribution in [3.8, 4) is 0 Å². The third-order valence-electron chi connectivity index (χ3n) is 2.69. The summed E-state index contributed by atoms with van der Waals surface area (Å²) in [5, 5.41) is 3.13. The van der Waals surface area contributed by atoms with E-state index in [0.29, 0.717) is 18.0 Å². The molecule has 3 N–H and O–H groups in total. The first-order valence-electron chi connectivity index (χ1n) is 5.94. The van der Waals surface area contributed by atoms with E-state index in [-0.39, 0.29) is 0 Å². The van der Waals surface area contributed by atoms with Crippen LogP contribution in [0.15, 0.2) is 4.99 Å². The Morgan fingerprint density at radius 2 is 2.33 bits per heavy atom. The van der Waals surface area contributed by atoms with Gasteiger partial charge in [-0.1, -0.05) is 6.92 Å². The Morgan fingerprint density at radius 1 is 1.60 bits per heavy atom. The second kappa shape index (κ2) is 5.95. The molecule has 4 heteroatoms. The maximum Gasteiger partial charge on any atom is 0.189 e. The molecule has 1 rings (SSSR count). The molecule has 0 aromatic heterocycles. The van der Waals surface area contributed by atoms with Gasteiger partial charge in [-0.05, 0) is 39.8 Å². The zero-order chi connectivity index (χ0) is 11.3. The van der Waals surface area contributed by atoms with Crippen LogP contribution in [0.5, 0.6) is 0 Å². The van der Waals surface area contributed by atoms with Gasteiger partial charge in [-0.3, -0.25) is 0 Å². The van der Waals surface area contributed by atoms with Crippen molar-refractivity contribution in [1.82, 2.24) is 10.2 Å². The zero-order valence-corrected chi connectivity index (χ0v) is 10.2. The normalized spacial score (nSPS) is 24.5. The first kappa shape index (κ1) is 12.3. The Bertz CT molecular complexity index is 213. The Labute approximate surface area is 92.9 Å². The molecule has 15 heavy (non-hydrogen) atoms. The summed E-state index contributed by atoms with van der Waals surface area (Å²) in [6.45, 7) is 9.71. The van der Waals surface area contributed by atoms with Crippen LogP contribution < -0.4 is 11.1 Å². The molecule has 1 heterocycles. The molecule has 0 aromatic rings. The number of guanidine groups is 1. The van der Waals surface area contributed by atoms with Gasteiger partial charge < -0.3 is 16.0 Å². The SMILES string of the molecule is CCN1CCCC(N=C(N)NC(C)C)C1. The van der Waals surface area contributed by atoms with Crippen LogP contribution in [-0.2, 0) is 0 Å². The van der Waals surface area contributed by atoms with Crippen molar-refractivity contribution in [3.05, 3.63) is 0 Å². The highest BCUT2D eigenvalue weighted by molar-refractivity contribution is 5.78. The number of rotatable bonds is 3. The van der Waals surface area contributed by atoms with E-state index in [4.69, 9.17) is 5.73 Å². The monoisotopic (exact) mass is 212 g/mol. The van der Waals surface area contributed by atoms with E-state index in [1.165, 1.54) is 13.0 Å². The van der Waals surface area contributed by atoms with Crippen LogP contribution >= 0.6 is 0 Å². The van der Waals surface area contributed by atoms with Gasteiger partial charge in [-0.25, -0.2) is 4.99 Å². The Kier molecular flexibility index (Phi) is 4.88. The van der Waals surface area contributed by atoms with Crippen LogP contribution in [0.25, 0.3) is 0 Å². The van der Waals surface area contributed by atoms with Gasteiger partial charge in [0.2, 0.25) is 0 Å². The van der Waals surface area contributed by atoms with Gasteiger partial charge in [-0.15, -0.1) is 0 Å². The highest BCUT2D eigenvalue weighted by Crippen LogP contribution is 2.12. The molecule has 0 bridgehead atoms. The lowest BCUT2D eigenvalue weighted by Gasteiger charge is -2.29. The average Bonchev–Trinajstić information content (AvgIpc) is 2.16. The number of likely N-dealkylation sites (N-methyl/N-ethyl adjacent to an activating group) is 1. The summed E-state index contributed by atoms with van der Waals surface area (Å²) in [7, 11) is 0. The molecule has 1 aliphatic rings. The van der Waals surface area contributed by atoms with Crippen molar-refractivity contribution < 1.29 is 0 Å². The standard InChI is InChI=1S/C11H24N4/c1-4-15-7-5-6-10(8-15)14-11(12)13-9(2)3/h9-10H,4-8H2,1-3H3,(H3,12,13,14). The third-order valence-corrected chi connectivity index (χ3v) is 2.69. The molecule has 1 atom stereocenters. The third kappa shape index (κ3) is 4.51. The van der Waals surface area contributed by atoms with Gasteiger partial charge in [0.1, 0.15) is 0 Å². The smallest absolute Gasteiger partial charge is 0.189 e. The summed E-state index contributed by atoms with van der Waals surface area (Å²) in [6.07, 6.45) is 2.40. The number of aliphatic imine (C=N–C) groups is 1. The topological polar surface area (TPSA) is 53.6 Å². The van der Waals surface area contributed by atoms with E-state index in [1.54, 1.807) is 0 Å². The molecule has 88 valence electrons. The highest BCUT2D eigenvalue weighted by Gasteiger charge is 2.17. The van der Waals surface area contributed by atoms with Crippen molar-refractivity contribution in [1.29, 1.82) is 0 Å². The molecule has 1 fully saturated rings. The van der Waals surface area contributed by atoms with Crippen molar-refractivity contribution in [2.45, 2.75) is 45.7 Å². The Morgan fingerprint density at radius 3 is 2.93 bits per heavy atom. The van der Waals surface area contributed by atoms with E-state index in [0.717, 1.165) is 19.5 Å². The molecule has 0 saturated carbocycles. The number of hydrogen-bond acceptors (Lipinski definition) is 2. The molecule has 0 aromatic carbocycles. The minimum Gasteiger partial charge on any atom is -0.370 e. The lowest BCUT2D eigenvalue weighted by Crippen LogP contribution is -2.42. The van der Waals surface area contributed by atoms with Gasteiger partial charge in [0.25, 0.3) is 0 Å². The van der Waals surface area contributed by atoms with Crippen molar-refractivity contribution >= 4 is 5.96 Å². The van der Waals surface area contributed by atoms with Crippen LogP contribution in [0.4, 0.5) is 0 Å². The first-order chi connectivity index (χ1) is 7.11. The summed E-state index contributed by atoms with van der Waals surface area (Å²) in [5.41, 5.74) is 5.81. The van der Waals surface area contributed by atoms with E-state index >= 15 is 0 Å². The highest BCUT2D eigenvalue weighted by atomic mass is 15.2. The molecular weight excluding hydrogens is 188 g/mol. The molecule has 1 aliphatic heterocycles. The zero-order valence-electron chi connectivity index (χ0n) is 10.2. The molecule has 0 spiro atoms. The Balaban J connectivity index is 2.42. The predicted octanol–water partition coefficient (Wildman–Crippen LogP) is 0.783. The molecule has 0 amide bonds. The number of nitrogens with zero attached hydrogens (tertiary/aromatic N) is 2. The van der Waals surface area contributed by atoms with Crippen molar-refractivity contribution in [2.75, 3.05) is 19.6 Å². The fourth-order valence-corrected chi connectivity index (χ4v) is 1.95. The van der Waals surface area contributed by atoms with E-state index in [1.807, 2.05) is 0 Å². The molecular formula is C11H24N4. The number of nitrogens with one attached hydrogen (secondary N) is 1. The van der Waals surface area contributed by atoms with Gasteiger partial charge in [0.15, 0.2) is 5.96 Å². The molecule has 1 saturated heterocycles. The molecule has 1 unspecified atom stereocenters. The largest absolute Gasteiger partial charge is 0.370 e. The fraction of sp³-hybridized carbons (Fsp3) is 0.909. The summed E-state index contributed by atoms with van der Waals surface area (Å²) in [4.78, 5) is 6.95. The van der Waals surface area contributed by atoms with Crippen molar-refractivity contribution in [2.24, 2.45) is 10.7 Å². The minimum atomic E-state index is 0.361.